The maximum atomic E-state index is 13.2. The molecule has 1 aromatic carbocycles. The van der Waals surface area contributed by atoms with Crippen LogP contribution in [0, 0.1) is 12.7 Å². The van der Waals surface area contributed by atoms with E-state index in [4.69, 9.17) is 4.52 Å². The summed E-state index contributed by atoms with van der Waals surface area (Å²) in [5.74, 6) is 0.909. The molecule has 2 aromatic rings. The Kier molecular flexibility index (Phi) is 4.17. The quantitative estimate of drug-likeness (QED) is 0.920. The van der Waals surface area contributed by atoms with Crippen LogP contribution in [0.15, 0.2) is 22.7 Å². The van der Waals surface area contributed by atoms with Gasteiger partial charge in [-0.25, -0.2) is 4.39 Å². The van der Waals surface area contributed by atoms with Crippen LogP contribution in [0.1, 0.15) is 30.3 Å². The highest BCUT2D eigenvalue weighted by molar-refractivity contribution is 5.85. The predicted molar refractivity (Wildman–Crippen MR) is 71.7 cm³/mol. The summed E-state index contributed by atoms with van der Waals surface area (Å²) in [4.78, 5) is 4.37. The zero-order valence-corrected chi connectivity index (χ0v) is 11.3. The van der Waals surface area contributed by atoms with Crippen LogP contribution in [0.4, 0.5) is 4.39 Å². The zero-order valence-electron chi connectivity index (χ0n) is 10.5. The summed E-state index contributed by atoms with van der Waals surface area (Å²) in [5, 5.41) is 7.26. The first-order valence-electron chi connectivity index (χ1n) is 6.07. The van der Waals surface area contributed by atoms with Crippen LogP contribution in [0.3, 0.4) is 0 Å². The molecule has 1 aliphatic heterocycles. The number of hydrogen-bond donors (Lipinski definition) is 1. The van der Waals surface area contributed by atoms with Gasteiger partial charge in [-0.05, 0) is 50.1 Å². The molecule has 0 aliphatic carbocycles. The smallest absolute Gasteiger partial charge is 0.244 e. The maximum Gasteiger partial charge on any atom is 0.244 e. The predicted octanol–water partition coefficient (Wildman–Crippen LogP) is 3.03. The molecule has 102 valence electrons. The van der Waals surface area contributed by atoms with Gasteiger partial charge in [-0.2, -0.15) is 4.98 Å². The van der Waals surface area contributed by atoms with Crippen LogP contribution < -0.4 is 5.32 Å². The molecule has 0 spiro atoms. The molecule has 1 aliphatic rings. The molecule has 0 bridgehead atoms. The molecule has 0 radical (unpaired) electrons. The monoisotopic (exact) mass is 283 g/mol. The molecule has 4 nitrogen and oxygen atoms in total. The lowest BCUT2D eigenvalue weighted by Crippen LogP contribution is -2.12. The summed E-state index contributed by atoms with van der Waals surface area (Å²) in [6.07, 6.45) is 2.14. The second-order valence-corrected chi connectivity index (χ2v) is 4.57. The van der Waals surface area contributed by atoms with E-state index in [0.29, 0.717) is 17.3 Å². The van der Waals surface area contributed by atoms with E-state index in [-0.39, 0.29) is 24.3 Å². The molecule has 1 atom stereocenters. The van der Waals surface area contributed by atoms with E-state index < -0.39 is 0 Å². The topological polar surface area (TPSA) is 51.0 Å². The van der Waals surface area contributed by atoms with Gasteiger partial charge in [-0.1, -0.05) is 5.16 Å². The molecule has 6 heteroatoms. The largest absolute Gasteiger partial charge is 0.337 e. The van der Waals surface area contributed by atoms with Gasteiger partial charge in [0.15, 0.2) is 0 Å². The van der Waals surface area contributed by atoms with Crippen molar-refractivity contribution in [2.45, 2.75) is 25.8 Å². The Hall–Kier alpha value is -1.46. The molecule has 0 saturated carbocycles. The van der Waals surface area contributed by atoms with E-state index in [1.807, 2.05) is 0 Å². The number of rotatable bonds is 2. The Morgan fingerprint density at radius 2 is 2.26 bits per heavy atom. The average Bonchev–Trinajstić information content (AvgIpc) is 3.01. The molecule has 1 N–H and O–H groups in total. The normalized spacial score (nSPS) is 18.3. The highest BCUT2D eigenvalue weighted by Crippen LogP contribution is 2.25. The second-order valence-electron chi connectivity index (χ2n) is 4.57. The minimum atomic E-state index is -0.222. The van der Waals surface area contributed by atoms with Crippen molar-refractivity contribution in [3.63, 3.8) is 0 Å². The fourth-order valence-electron chi connectivity index (χ4n) is 2.17. The van der Waals surface area contributed by atoms with Crippen molar-refractivity contribution < 1.29 is 8.91 Å². The minimum absolute atomic E-state index is 0. The molecule has 19 heavy (non-hydrogen) atoms. The van der Waals surface area contributed by atoms with E-state index in [9.17, 15) is 4.39 Å². The number of nitrogens with zero attached hydrogens (tertiary/aromatic N) is 2. The average molecular weight is 284 g/mol. The van der Waals surface area contributed by atoms with Gasteiger partial charge in [-0.3, -0.25) is 0 Å². The molecule has 1 aromatic heterocycles. The van der Waals surface area contributed by atoms with Crippen molar-refractivity contribution in [3.8, 4) is 11.4 Å². The van der Waals surface area contributed by atoms with Gasteiger partial charge in [-0.15, -0.1) is 12.4 Å². The number of nitrogens with one attached hydrogen (secondary N) is 1. The van der Waals surface area contributed by atoms with Crippen molar-refractivity contribution in [1.82, 2.24) is 15.5 Å². The maximum absolute atomic E-state index is 13.2. The van der Waals surface area contributed by atoms with Crippen LogP contribution in [-0.4, -0.2) is 16.7 Å². The highest BCUT2D eigenvalue weighted by atomic mass is 35.5. The van der Waals surface area contributed by atoms with Gasteiger partial charge < -0.3 is 9.84 Å². The van der Waals surface area contributed by atoms with Gasteiger partial charge in [0.2, 0.25) is 11.7 Å². The van der Waals surface area contributed by atoms with Crippen molar-refractivity contribution in [3.05, 3.63) is 35.5 Å². The van der Waals surface area contributed by atoms with Crippen molar-refractivity contribution in [2.24, 2.45) is 0 Å². The third-order valence-corrected chi connectivity index (χ3v) is 3.22. The Balaban J connectivity index is 0.00000133. The van der Waals surface area contributed by atoms with Crippen LogP contribution in [-0.2, 0) is 0 Å². The lowest BCUT2D eigenvalue weighted by atomic mass is 10.1. The molecule has 1 saturated heterocycles. The first kappa shape index (κ1) is 14.0. The Morgan fingerprint density at radius 3 is 2.95 bits per heavy atom. The molecule has 3 rings (SSSR count). The SMILES string of the molecule is Cc1cc(-c2noc([C@@H]3CCCN3)n2)ccc1F.Cl. The van der Waals surface area contributed by atoms with Crippen LogP contribution >= 0.6 is 12.4 Å². The van der Waals surface area contributed by atoms with Crippen LogP contribution in [0.2, 0.25) is 0 Å². The van der Waals surface area contributed by atoms with Crippen LogP contribution in [0.25, 0.3) is 11.4 Å². The van der Waals surface area contributed by atoms with E-state index in [1.54, 1.807) is 19.1 Å². The minimum Gasteiger partial charge on any atom is -0.337 e. The second kappa shape index (κ2) is 5.67. The fraction of sp³-hybridized carbons (Fsp3) is 0.385. The first-order valence-corrected chi connectivity index (χ1v) is 6.07. The zero-order chi connectivity index (χ0) is 12.5. The summed E-state index contributed by atoms with van der Waals surface area (Å²) in [7, 11) is 0. The van der Waals surface area contributed by atoms with E-state index in [2.05, 4.69) is 15.5 Å². The fourth-order valence-corrected chi connectivity index (χ4v) is 2.17. The number of aromatic nitrogens is 2. The highest BCUT2D eigenvalue weighted by Gasteiger charge is 2.22. The summed E-state index contributed by atoms with van der Waals surface area (Å²) in [6, 6.07) is 4.98. The summed E-state index contributed by atoms with van der Waals surface area (Å²) in [6.45, 7) is 2.70. The summed E-state index contributed by atoms with van der Waals surface area (Å²) < 4.78 is 18.4. The molecular weight excluding hydrogens is 269 g/mol. The molecular formula is C13H15ClFN3O. The van der Waals surface area contributed by atoms with Crippen molar-refractivity contribution in [1.29, 1.82) is 0 Å². The summed E-state index contributed by atoms with van der Waals surface area (Å²) in [5.41, 5.74) is 1.36. The Bertz CT molecular complexity index is 567. The molecule has 1 fully saturated rings. The van der Waals surface area contributed by atoms with E-state index >= 15 is 0 Å². The summed E-state index contributed by atoms with van der Waals surface area (Å²) >= 11 is 0. The number of hydrogen-bond acceptors (Lipinski definition) is 4. The van der Waals surface area contributed by atoms with Crippen molar-refractivity contribution >= 4 is 12.4 Å². The van der Waals surface area contributed by atoms with Gasteiger partial charge in [0.1, 0.15) is 5.82 Å². The third kappa shape index (κ3) is 2.77. The van der Waals surface area contributed by atoms with E-state index in [0.717, 1.165) is 24.9 Å². The van der Waals surface area contributed by atoms with Crippen LogP contribution in [0.5, 0.6) is 0 Å². The lowest BCUT2D eigenvalue weighted by molar-refractivity contribution is 0.345. The standard InChI is InChI=1S/C13H14FN3O.ClH/c1-8-7-9(4-5-10(8)14)12-16-13(18-17-12)11-3-2-6-15-11;/h4-5,7,11,15H,2-3,6H2,1H3;1H/t11-;/m0./s1. The first-order chi connectivity index (χ1) is 8.74. The van der Waals surface area contributed by atoms with Gasteiger partial charge in [0.25, 0.3) is 0 Å². The van der Waals surface area contributed by atoms with Crippen molar-refractivity contribution in [2.75, 3.05) is 6.54 Å². The Morgan fingerprint density at radius 1 is 1.42 bits per heavy atom. The Labute approximate surface area is 116 Å². The molecule has 0 amide bonds. The number of halogens is 2. The number of benzene rings is 1. The van der Waals surface area contributed by atoms with E-state index in [1.165, 1.54) is 6.07 Å². The van der Waals surface area contributed by atoms with Gasteiger partial charge in [0, 0.05) is 5.56 Å². The molecule has 2 heterocycles. The molecule has 0 unspecified atom stereocenters. The third-order valence-electron chi connectivity index (χ3n) is 3.22. The van der Waals surface area contributed by atoms with Gasteiger partial charge >= 0.3 is 0 Å². The lowest BCUT2D eigenvalue weighted by Gasteiger charge is -2.01. The number of aryl methyl sites for hydroxylation is 1. The van der Waals surface area contributed by atoms with Gasteiger partial charge in [0.05, 0.1) is 6.04 Å².